The van der Waals surface area contributed by atoms with Crippen molar-refractivity contribution < 1.29 is 4.42 Å². The van der Waals surface area contributed by atoms with Crippen LogP contribution in [0.25, 0.3) is 95.6 Å². The quantitative estimate of drug-likeness (QED) is 0.157. The maximum atomic E-state index is 6.97. The first kappa shape index (κ1) is 40.8. The Morgan fingerprint density at radius 2 is 0.972 bits per heavy atom. The number of fused-ring (bicyclic) bond motifs is 14. The van der Waals surface area contributed by atoms with Crippen molar-refractivity contribution in [2.75, 3.05) is 0 Å². The molecule has 11 aromatic rings. The first-order chi connectivity index (χ1) is 35.2. The molecule has 8 aromatic carbocycles. The zero-order valence-electron chi connectivity index (χ0n) is 38.5. The normalized spacial score (nSPS) is 17.4. The van der Waals surface area contributed by atoms with Gasteiger partial charge in [0.05, 0.1) is 5.41 Å². The molecule has 0 aliphatic heterocycles. The van der Waals surface area contributed by atoms with E-state index < -0.39 is 5.41 Å². The van der Waals surface area contributed by atoms with E-state index in [0.29, 0.717) is 41.4 Å². The van der Waals surface area contributed by atoms with E-state index in [9.17, 15) is 0 Å². The maximum Gasteiger partial charge on any atom is 0.164 e. The van der Waals surface area contributed by atoms with Gasteiger partial charge in [0.2, 0.25) is 0 Å². The predicted octanol–water partition coefficient (Wildman–Crippen LogP) is 14.9. The Labute approximate surface area is 410 Å². The van der Waals surface area contributed by atoms with Crippen LogP contribution in [0.15, 0.2) is 228 Å². The predicted molar refractivity (Wildman–Crippen MR) is 283 cm³/mol. The van der Waals surface area contributed by atoms with E-state index in [1.807, 2.05) is 66.7 Å². The Hall–Kier alpha value is -9.20. The third kappa shape index (κ3) is 6.65. The molecule has 7 nitrogen and oxygen atoms in total. The van der Waals surface area contributed by atoms with Crippen LogP contribution in [0.3, 0.4) is 0 Å². The summed E-state index contributed by atoms with van der Waals surface area (Å²) in [5.74, 6) is 3.81. The minimum Gasteiger partial charge on any atom is -0.455 e. The Kier molecular flexibility index (Phi) is 9.49. The highest BCUT2D eigenvalue weighted by molar-refractivity contribution is 6.14. The molecule has 3 heterocycles. The number of furan rings is 1. The van der Waals surface area contributed by atoms with E-state index in [1.54, 1.807) is 0 Å². The van der Waals surface area contributed by atoms with Crippen molar-refractivity contribution in [3.8, 4) is 68.1 Å². The van der Waals surface area contributed by atoms with Gasteiger partial charge in [0.15, 0.2) is 29.1 Å². The van der Waals surface area contributed by atoms with Gasteiger partial charge in [0, 0.05) is 50.6 Å². The molecule has 0 saturated heterocycles. The molecular formula is C64H42N6O. The zero-order valence-corrected chi connectivity index (χ0v) is 38.5. The van der Waals surface area contributed by atoms with Gasteiger partial charge in [-0.15, -0.1) is 0 Å². The standard InChI is InChI=1S/C64H42N6O/c1-2-16-29-51-46(27-15-1)47-33-31-44(62-66-56(37-40-19-7-3-8-20-40)65-59(67-62)41-21-9-4-10-22-41)38-53(47)64(51)52-36-35-49-48-28-17-18-30-55(48)71-58(49)57(52)50-34-32-45(39-54(50)64)63-69-60(42-23-11-5-12-24-42)68-61(70-63)43-25-13-6-14-26-43/h1,3-15,17-36,38-39H,2,16,37H2/b15-1-,46-27-,51-29+. The monoisotopic (exact) mass is 910 g/mol. The molecule has 0 N–H and O–H groups in total. The Morgan fingerprint density at radius 3 is 1.62 bits per heavy atom. The van der Waals surface area contributed by atoms with Crippen molar-refractivity contribution in [2.45, 2.75) is 24.7 Å². The molecule has 1 atom stereocenters. The Balaban J connectivity index is 1.05. The molecule has 3 aliphatic rings. The highest BCUT2D eigenvalue weighted by Gasteiger charge is 2.54. The molecule has 0 amide bonds. The van der Waals surface area contributed by atoms with E-state index in [-0.39, 0.29) is 0 Å². The first-order valence-corrected chi connectivity index (χ1v) is 24.2. The van der Waals surface area contributed by atoms with Crippen molar-refractivity contribution in [3.63, 3.8) is 0 Å². The number of hydrogen-bond acceptors (Lipinski definition) is 7. The van der Waals surface area contributed by atoms with Gasteiger partial charge in [0.1, 0.15) is 17.0 Å². The Bertz CT molecular complexity index is 3950. The highest BCUT2D eigenvalue weighted by Crippen LogP contribution is 2.66. The van der Waals surface area contributed by atoms with Gasteiger partial charge in [0.25, 0.3) is 0 Å². The SMILES string of the molecule is C1=C/CC\C=C2/C(=C\1)c1ccc(-c3nc(Cc4ccccc4)nc(-c4ccccc4)n3)cc1C21c2cc(-c3nc(-c4ccccc4)nc(-c4ccccc4)n3)ccc2-c2c1ccc1c2oc2ccccc21. The maximum absolute atomic E-state index is 6.97. The molecule has 0 fully saturated rings. The van der Waals surface area contributed by atoms with Crippen LogP contribution >= 0.6 is 0 Å². The second-order valence-electron chi connectivity index (χ2n) is 18.4. The summed E-state index contributed by atoms with van der Waals surface area (Å²) in [4.78, 5) is 31.1. The third-order valence-electron chi connectivity index (χ3n) is 14.3. The smallest absolute Gasteiger partial charge is 0.164 e. The second-order valence-corrected chi connectivity index (χ2v) is 18.4. The molecular weight excluding hydrogens is 869 g/mol. The van der Waals surface area contributed by atoms with Gasteiger partial charge in [-0.2, -0.15) is 0 Å². The summed E-state index contributed by atoms with van der Waals surface area (Å²) in [5, 5.41) is 2.18. The highest BCUT2D eigenvalue weighted by atomic mass is 16.3. The number of hydrogen-bond donors (Lipinski definition) is 0. The van der Waals surface area contributed by atoms with E-state index >= 15 is 0 Å². The summed E-state index contributed by atoms with van der Waals surface area (Å²) in [6, 6.07) is 67.5. The van der Waals surface area contributed by atoms with Crippen LogP contribution in [0.1, 0.15) is 46.5 Å². The van der Waals surface area contributed by atoms with Crippen molar-refractivity contribution in [1.82, 2.24) is 29.9 Å². The lowest BCUT2D eigenvalue weighted by Gasteiger charge is -2.31. The van der Waals surface area contributed by atoms with Crippen LogP contribution in [-0.2, 0) is 11.8 Å². The van der Waals surface area contributed by atoms with E-state index in [1.165, 1.54) is 22.3 Å². The van der Waals surface area contributed by atoms with Crippen LogP contribution in [-0.4, -0.2) is 29.9 Å². The van der Waals surface area contributed by atoms with Crippen LogP contribution in [0.4, 0.5) is 0 Å². The number of rotatable bonds is 7. The molecule has 7 heteroatoms. The number of benzene rings is 8. The summed E-state index contributed by atoms with van der Waals surface area (Å²) >= 11 is 0. The number of allylic oxidation sites excluding steroid dienone is 6. The lowest BCUT2D eigenvalue weighted by molar-refractivity contribution is 0.669. The summed E-state index contributed by atoms with van der Waals surface area (Å²) in [7, 11) is 0. The molecule has 71 heavy (non-hydrogen) atoms. The lowest BCUT2D eigenvalue weighted by atomic mass is 9.69. The third-order valence-corrected chi connectivity index (χ3v) is 14.3. The van der Waals surface area contributed by atoms with Crippen molar-refractivity contribution in [3.05, 3.63) is 258 Å². The van der Waals surface area contributed by atoms with Crippen LogP contribution in [0.2, 0.25) is 0 Å². The number of aromatic nitrogens is 6. The largest absolute Gasteiger partial charge is 0.455 e. The molecule has 334 valence electrons. The molecule has 1 spiro atoms. The summed E-state index contributed by atoms with van der Waals surface area (Å²) in [5.41, 5.74) is 16.0. The van der Waals surface area contributed by atoms with Gasteiger partial charge in [-0.05, 0) is 75.6 Å². The van der Waals surface area contributed by atoms with Gasteiger partial charge in [-0.1, -0.05) is 200 Å². The fraction of sp³-hybridized carbons (Fsp3) is 0.0625. The molecule has 14 rings (SSSR count). The number of para-hydroxylation sites is 1. The molecule has 0 radical (unpaired) electrons. The van der Waals surface area contributed by atoms with Gasteiger partial charge in [-0.25, -0.2) is 29.9 Å². The van der Waals surface area contributed by atoms with E-state index in [0.717, 1.165) is 90.4 Å². The van der Waals surface area contributed by atoms with Crippen molar-refractivity contribution in [2.24, 2.45) is 0 Å². The topological polar surface area (TPSA) is 90.5 Å². The minimum atomic E-state index is -0.768. The average molecular weight is 911 g/mol. The van der Waals surface area contributed by atoms with E-state index in [4.69, 9.17) is 34.3 Å². The summed E-state index contributed by atoms with van der Waals surface area (Å²) in [6.45, 7) is 0. The molecule has 0 saturated carbocycles. The summed E-state index contributed by atoms with van der Waals surface area (Å²) in [6.07, 6.45) is 11.7. The average Bonchev–Trinajstić information content (AvgIpc) is 4.04. The molecule has 3 aromatic heterocycles. The van der Waals surface area contributed by atoms with Crippen LogP contribution in [0.5, 0.6) is 0 Å². The van der Waals surface area contributed by atoms with Crippen LogP contribution in [0, 0.1) is 0 Å². The summed E-state index contributed by atoms with van der Waals surface area (Å²) < 4.78 is 6.97. The van der Waals surface area contributed by atoms with Gasteiger partial charge in [-0.3, -0.25) is 0 Å². The van der Waals surface area contributed by atoms with Crippen molar-refractivity contribution >= 4 is 27.5 Å². The van der Waals surface area contributed by atoms with Gasteiger partial charge >= 0.3 is 0 Å². The Morgan fingerprint density at radius 1 is 0.437 bits per heavy atom. The van der Waals surface area contributed by atoms with Crippen molar-refractivity contribution in [1.29, 1.82) is 0 Å². The lowest BCUT2D eigenvalue weighted by Crippen LogP contribution is -2.26. The zero-order chi connectivity index (χ0) is 46.9. The second kappa shape index (κ2) is 16.5. The van der Waals surface area contributed by atoms with E-state index in [2.05, 4.69) is 152 Å². The van der Waals surface area contributed by atoms with Crippen LogP contribution < -0.4 is 0 Å². The number of nitrogens with zero attached hydrogens (tertiary/aromatic N) is 6. The fourth-order valence-electron chi connectivity index (χ4n) is 11.1. The fourth-order valence-corrected chi connectivity index (χ4v) is 11.1. The molecule has 0 bridgehead atoms. The molecule has 3 aliphatic carbocycles. The first-order valence-electron chi connectivity index (χ1n) is 24.2. The molecule has 1 unspecified atom stereocenters. The minimum absolute atomic E-state index is 0.573. The van der Waals surface area contributed by atoms with Gasteiger partial charge < -0.3 is 4.42 Å².